The van der Waals surface area contributed by atoms with Gasteiger partial charge < -0.3 is 5.32 Å². The SMILES string of the molecule is CC(=O)NCCc1ccc(Cl)c(C=O)c1. The van der Waals surface area contributed by atoms with Crippen molar-refractivity contribution >= 4 is 23.8 Å². The van der Waals surface area contributed by atoms with Crippen molar-refractivity contribution in [2.75, 3.05) is 6.54 Å². The minimum absolute atomic E-state index is 0.0559. The number of carbonyl (C=O) groups is 2. The molecular formula is C11H12ClNO2. The molecule has 0 aliphatic carbocycles. The molecule has 0 radical (unpaired) electrons. The molecule has 0 bridgehead atoms. The van der Waals surface area contributed by atoms with Gasteiger partial charge in [-0.3, -0.25) is 9.59 Å². The molecule has 0 atom stereocenters. The molecule has 1 aromatic carbocycles. The Balaban J connectivity index is 2.62. The lowest BCUT2D eigenvalue weighted by atomic mass is 10.1. The molecule has 1 aromatic rings. The zero-order valence-electron chi connectivity index (χ0n) is 8.42. The van der Waals surface area contributed by atoms with Crippen molar-refractivity contribution in [3.8, 4) is 0 Å². The highest BCUT2D eigenvalue weighted by Crippen LogP contribution is 2.15. The Kier molecular flexibility index (Phi) is 4.31. The Bertz CT molecular complexity index is 377. The number of hydrogen-bond acceptors (Lipinski definition) is 2. The van der Waals surface area contributed by atoms with Gasteiger partial charge in [0.2, 0.25) is 5.91 Å². The number of nitrogens with one attached hydrogen (secondary N) is 1. The molecule has 0 saturated heterocycles. The van der Waals surface area contributed by atoms with Gasteiger partial charge in [0.15, 0.2) is 6.29 Å². The molecule has 3 nitrogen and oxygen atoms in total. The maximum Gasteiger partial charge on any atom is 0.216 e. The summed E-state index contributed by atoms with van der Waals surface area (Å²) >= 11 is 5.78. The van der Waals surface area contributed by atoms with E-state index in [1.165, 1.54) is 6.92 Å². The van der Waals surface area contributed by atoms with Crippen LogP contribution in [0.25, 0.3) is 0 Å². The fourth-order valence-corrected chi connectivity index (χ4v) is 1.38. The van der Waals surface area contributed by atoms with Crippen LogP contribution in [0.5, 0.6) is 0 Å². The standard InChI is InChI=1S/C11H12ClNO2/c1-8(15)13-5-4-9-2-3-11(12)10(6-9)7-14/h2-3,6-7H,4-5H2,1H3,(H,13,15). The summed E-state index contributed by atoms with van der Waals surface area (Å²) in [6.07, 6.45) is 1.42. The molecule has 4 heteroatoms. The minimum atomic E-state index is -0.0559. The normalized spacial score (nSPS) is 9.73. The summed E-state index contributed by atoms with van der Waals surface area (Å²) in [6, 6.07) is 5.27. The number of rotatable bonds is 4. The molecule has 0 fully saturated rings. The Hall–Kier alpha value is -1.35. The third kappa shape index (κ3) is 3.72. The van der Waals surface area contributed by atoms with Gasteiger partial charge in [-0.2, -0.15) is 0 Å². The van der Waals surface area contributed by atoms with Crippen molar-refractivity contribution in [2.24, 2.45) is 0 Å². The Morgan fingerprint density at radius 1 is 1.53 bits per heavy atom. The van der Waals surface area contributed by atoms with Crippen molar-refractivity contribution in [1.82, 2.24) is 5.32 Å². The van der Waals surface area contributed by atoms with Gasteiger partial charge in [0.05, 0.1) is 5.02 Å². The topological polar surface area (TPSA) is 46.2 Å². The number of aldehydes is 1. The van der Waals surface area contributed by atoms with E-state index in [4.69, 9.17) is 11.6 Å². The smallest absolute Gasteiger partial charge is 0.216 e. The number of amides is 1. The first kappa shape index (κ1) is 11.7. The van der Waals surface area contributed by atoms with E-state index in [0.717, 1.165) is 11.8 Å². The summed E-state index contributed by atoms with van der Waals surface area (Å²) in [5, 5.41) is 3.14. The van der Waals surface area contributed by atoms with Crippen LogP contribution in [0.3, 0.4) is 0 Å². The van der Waals surface area contributed by atoms with Crippen molar-refractivity contribution in [2.45, 2.75) is 13.3 Å². The van der Waals surface area contributed by atoms with Crippen LogP contribution in [-0.4, -0.2) is 18.7 Å². The summed E-state index contributed by atoms with van der Waals surface area (Å²) in [7, 11) is 0. The van der Waals surface area contributed by atoms with Gasteiger partial charge >= 0.3 is 0 Å². The van der Waals surface area contributed by atoms with Gasteiger partial charge in [-0.1, -0.05) is 17.7 Å². The quantitative estimate of drug-likeness (QED) is 0.795. The highest BCUT2D eigenvalue weighted by molar-refractivity contribution is 6.32. The van der Waals surface area contributed by atoms with Crippen molar-refractivity contribution in [3.63, 3.8) is 0 Å². The summed E-state index contributed by atoms with van der Waals surface area (Å²) in [5.41, 5.74) is 1.47. The maximum absolute atomic E-state index is 10.6. The molecule has 0 aromatic heterocycles. The highest BCUT2D eigenvalue weighted by atomic mass is 35.5. The molecular weight excluding hydrogens is 214 g/mol. The number of carbonyl (C=O) groups excluding carboxylic acids is 2. The van der Waals surface area contributed by atoms with Crippen LogP contribution in [-0.2, 0) is 11.2 Å². The average Bonchev–Trinajstić information content (AvgIpc) is 2.20. The van der Waals surface area contributed by atoms with E-state index < -0.39 is 0 Å². The lowest BCUT2D eigenvalue weighted by molar-refractivity contribution is -0.118. The van der Waals surface area contributed by atoms with Gasteiger partial charge in [0.1, 0.15) is 0 Å². The van der Waals surface area contributed by atoms with Crippen LogP contribution >= 0.6 is 11.6 Å². The fraction of sp³-hybridized carbons (Fsp3) is 0.273. The summed E-state index contributed by atoms with van der Waals surface area (Å²) in [4.78, 5) is 21.2. The zero-order chi connectivity index (χ0) is 11.3. The lowest BCUT2D eigenvalue weighted by Gasteiger charge is -2.04. The summed E-state index contributed by atoms with van der Waals surface area (Å²) in [6.45, 7) is 2.04. The van der Waals surface area contributed by atoms with E-state index in [1.54, 1.807) is 12.1 Å². The third-order valence-electron chi connectivity index (χ3n) is 1.97. The second-order valence-corrected chi connectivity index (χ2v) is 3.61. The van der Waals surface area contributed by atoms with Gasteiger partial charge in [0, 0.05) is 19.0 Å². The van der Waals surface area contributed by atoms with Crippen molar-refractivity contribution in [1.29, 1.82) is 0 Å². The third-order valence-corrected chi connectivity index (χ3v) is 2.32. The van der Waals surface area contributed by atoms with Crippen LogP contribution < -0.4 is 5.32 Å². The van der Waals surface area contributed by atoms with E-state index in [-0.39, 0.29) is 5.91 Å². The molecule has 1 N–H and O–H groups in total. The lowest BCUT2D eigenvalue weighted by Crippen LogP contribution is -2.22. The van der Waals surface area contributed by atoms with E-state index in [0.29, 0.717) is 23.6 Å². The Labute approximate surface area is 93.4 Å². The number of halogens is 1. The Morgan fingerprint density at radius 2 is 2.27 bits per heavy atom. The predicted octanol–water partition coefficient (Wildman–Crippen LogP) is 1.83. The molecule has 0 aliphatic rings. The molecule has 0 aliphatic heterocycles. The van der Waals surface area contributed by atoms with Crippen molar-refractivity contribution in [3.05, 3.63) is 34.3 Å². The first-order valence-electron chi connectivity index (χ1n) is 4.61. The highest BCUT2D eigenvalue weighted by Gasteiger charge is 2.01. The zero-order valence-corrected chi connectivity index (χ0v) is 9.17. The van der Waals surface area contributed by atoms with E-state index in [9.17, 15) is 9.59 Å². The van der Waals surface area contributed by atoms with Gasteiger partial charge in [0.25, 0.3) is 0 Å². The number of benzene rings is 1. The predicted molar refractivity (Wildman–Crippen MR) is 59.2 cm³/mol. The van der Waals surface area contributed by atoms with Gasteiger partial charge in [-0.25, -0.2) is 0 Å². The molecule has 0 saturated carbocycles. The fourth-order valence-electron chi connectivity index (χ4n) is 1.22. The average molecular weight is 226 g/mol. The van der Waals surface area contributed by atoms with E-state index in [1.807, 2.05) is 6.07 Å². The van der Waals surface area contributed by atoms with E-state index in [2.05, 4.69) is 5.32 Å². The second-order valence-electron chi connectivity index (χ2n) is 3.21. The molecule has 80 valence electrons. The van der Waals surface area contributed by atoms with Crippen LogP contribution in [0.2, 0.25) is 5.02 Å². The van der Waals surface area contributed by atoms with E-state index >= 15 is 0 Å². The largest absolute Gasteiger partial charge is 0.356 e. The Morgan fingerprint density at radius 3 is 2.87 bits per heavy atom. The second kappa shape index (κ2) is 5.51. The number of hydrogen-bond donors (Lipinski definition) is 1. The van der Waals surface area contributed by atoms with Crippen molar-refractivity contribution < 1.29 is 9.59 Å². The van der Waals surface area contributed by atoms with Crippen LogP contribution in [0.15, 0.2) is 18.2 Å². The van der Waals surface area contributed by atoms with Gasteiger partial charge in [-0.05, 0) is 24.1 Å². The monoisotopic (exact) mass is 225 g/mol. The molecule has 15 heavy (non-hydrogen) atoms. The maximum atomic E-state index is 10.6. The van der Waals surface area contributed by atoms with Gasteiger partial charge in [-0.15, -0.1) is 0 Å². The first-order chi connectivity index (χ1) is 7.13. The molecule has 1 amide bonds. The molecule has 0 heterocycles. The summed E-state index contributed by atoms with van der Waals surface area (Å²) < 4.78 is 0. The molecule has 1 rings (SSSR count). The van der Waals surface area contributed by atoms with Crippen LogP contribution in [0, 0.1) is 0 Å². The minimum Gasteiger partial charge on any atom is -0.356 e. The molecule has 0 spiro atoms. The molecule has 0 unspecified atom stereocenters. The van der Waals surface area contributed by atoms with Crippen LogP contribution in [0.4, 0.5) is 0 Å². The van der Waals surface area contributed by atoms with Crippen LogP contribution in [0.1, 0.15) is 22.8 Å². The first-order valence-corrected chi connectivity index (χ1v) is 4.99. The summed E-state index contributed by atoms with van der Waals surface area (Å²) in [5.74, 6) is -0.0559.